The van der Waals surface area contributed by atoms with Gasteiger partial charge in [-0.05, 0) is 55.7 Å². The van der Waals surface area contributed by atoms with Gasteiger partial charge in [-0.1, -0.05) is 24.3 Å². The number of aromatic nitrogens is 1. The molecule has 2 saturated heterocycles. The third-order valence-electron chi connectivity index (χ3n) is 9.30. The minimum atomic E-state index is -2.04. The van der Waals surface area contributed by atoms with Crippen LogP contribution in [0.4, 0.5) is 8.78 Å². The fourth-order valence-electron chi connectivity index (χ4n) is 6.67. The minimum Gasteiger partial charge on any atom is -0.478 e. The third-order valence-corrected chi connectivity index (χ3v) is 10.1. The van der Waals surface area contributed by atoms with Gasteiger partial charge in [-0.2, -0.15) is 0 Å². The van der Waals surface area contributed by atoms with Gasteiger partial charge in [0.25, 0.3) is 5.91 Å². The van der Waals surface area contributed by atoms with Crippen LogP contribution >= 0.6 is 11.3 Å². The number of alkyl halides is 1. The number of amides is 1. The van der Waals surface area contributed by atoms with Gasteiger partial charge in [0, 0.05) is 55.8 Å². The Morgan fingerprint density at radius 3 is 2.66 bits per heavy atom. The summed E-state index contributed by atoms with van der Waals surface area (Å²) >= 11 is 1.36. The van der Waals surface area contributed by atoms with Crippen molar-refractivity contribution in [1.29, 1.82) is 0 Å². The molecule has 1 aromatic heterocycles. The van der Waals surface area contributed by atoms with Crippen molar-refractivity contribution in [3.8, 4) is 0 Å². The molecule has 246 valence electrons. The fourth-order valence-corrected chi connectivity index (χ4v) is 7.25. The number of ether oxygens (including phenoxy) is 1. The molecular formula is C34H35F2N5O5S. The monoisotopic (exact) mass is 663 g/mol. The van der Waals surface area contributed by atoms with Gasteiger partial charge in [0.15, 0.2) is 16.5 Å². The maximum absolute atomic E-state index is 16.5. The number of amidine groups is 1. The Hall–Kier alpha value is -4.49. The van der Waals surface area contributed by atoms with Crippen molar-refractivity contribution < 1.29 is 33.0 Å². The minimum absolute atomic E-state index is 0.0282. The Morgan fingerprint density at radius 2 is 1.98 bits per heavy atom. The van der Waals surface area contributed by atoms with Crippen LogP contribution in [-0.2, 0) is 14.3 Å². The highest BCUT2D eigenvalue weighted by molar-refractivity contribution is 7.11. The number of aromatic carboxylic acids is 1. The average molecular weight is 664 g/mol. The number of thiazole rings is 1. The molecule has 0 aliphatic carbocycles. The van der Waals surface area contributed by atoms with E-state index in [0.29, 0.717) is 33.2 Å². The van der Waals surface area contributed by atoms with Crippen LogP contribution in [0.3, 0.4) is 0 Å². The lowest BCUT2D eigenvalue weighted by Gasteiger charge is -2.38. The van der Waals surface area contributed by atoms with Crippen molar-refractivity contribution in [3.05, 3.63) is 98.4 Å². The number of aliphatic imine (C=N–C) groups is 1. The van der Waals surface area contributed by atoms with Crippen LogP contribution in [0.15, 0.2) is 70.3 Å². The second kappa shape index (κ2) is 13.0. The predicted molar refractivity (Wildman–Crippen MR) is 171 cm³/mol. The molecule has 0 saturated carbocycles. The molecule has 2 N–H and O–H groups in total. The first-order valence-corrected chi connectivity index (χ1v) is 16.3. The standard InChI is InChI=1S/C34H35F2N5O5S/c1-4-46-32(44)27-26(38-29(30-37-13-15-47-30)39-28(27)24-6-5-7-25(35)19(24)2)18-40-14-12-34(36)23(16-40)17-41(33(34)45)20(3)21-8-10-22(11-9-21)31(42)43/h5-11,13,15,20,23,28H,4,12,14,16-18H2,1-3H3,(H,38,39)(H,42,43)/t20-,23+,28+,34-/m1/s1. The molecule has 3 aliphatic rings. The number of likely N-dealkylation sites (tertiary alicyclic amines) is 2. The Labute approximate surface area is 274 Å². The van der Waals surface area contributed by atoms with Crippen molar-refractivity contribution in [2.45, 2.75) is 44.9 Å². The number of fused-ring (bicyclic) bond motifs is 1. The summed E-state index contributed by atoms with van der Waals surface area (Å²) in [6, 6.07) is 9.59. The molecule has 13 heteroatoms. The largest absolute Gasteiger partial charge is 0.478 e. The molecule has 0 unspecified atom stereocenters. The summed E-state index contributed by atoms with van der Waals surface area (Å²) in [5, 5.41) is 14.9. The van der Waals surface area contributed by atoms with Gasteiger partial charge in [0.05, 0.1) is 23.8 Å². The van der Waals surface area contributed by atoms with Gasteiger partial charge < -0.3 is 20.1 Å². The number of rotatable bonds is 9. The van der Waals surface area contributed by atoms with Crippen LogP contribution < -0.4 is 5.32 Å². The average Bonchev–Trinajstić information content (AvgIpc) is 3.69. The lowest BCUT2D eigenvalue weighted by Crippen LogP contribution is -2.52. The van der Waals surface area contributed by atoms with Crippen LogP contribution in [0.1, 0.15) is 64.4 Å². The zero-order valence-corrected chi connectivity index (χ0v) is 27.0. The molecule has 3 aliphatic heterocycles. The normalized spacial score (nSPS) is 23.6. The highest BCUT2D eigenvalue weighted by atomic mass is 32.1. The molecule has 0 radical (unpaired) electrons. The molecule has 4 heterocycles. The van der Waals surface area contributed by atoms with Gasteiger partial charge in [-0.25, -0.2) is 23.4 Å². The molecule has 1 amide bonds. The fraction of sp³-hybridized carbons (Fsp3) is 0.382. The van der Waals surface area contributed by atoms with Crippen molar-refractivity contribution in [1.82, 2.24) is 20.1 Å². The lowest BCUT2D eigenvalue weighted by molar-refractivity contribution is -0.142. The maximum atomic E-state index is 16.5. The van der Waals surface area contributed by atoms with E-state index < -0.39 is 47.3 Å². The van der Waals surface area contributed by atoms with Gasteiger partial charge >= 0.3 is 11.9 Å². The lowest BCUT2D eigenvalue weighted by atomic mass is 9.84. The van der Waals surface area contributed by atoms with Crippen molar-refractivity contribution in [2.24, 2.45) is 10.9 Å². The van der Waals surface area contributed by atoms with Crippen LogP contribution in [0.2, 0.25) is 0 Å². The van der Waals surface area contributed by atoms with Crippen LogP contribution in [-0.4, -0.2) is 82.0 Å². The summed E-state index contributed by atoms with van der Waals surface area (Å²) in [4.78, 5) is 51.1. The number of carbonyl (C=O) groups is 3. The second-order valence-electron chi connectivity index (χ2n) is 12.0. The quantitative estimate of drug-likeness (QED) is 0.312. The SMILES string of the molecule is CCOC(=O)C1=C(CN2CC[C@]3(F)C(=O)N([C@H](C)c4ccc(C(=O)O)cc4)C[C@@H]3C2)NC(c2nccs2)=N[C@H]1c1cccc(F)c1C. The molecule has 0 spiro atoms. The second-order valence-corrected chi connectivity index (χ2v) is 12.9. The van der Waals surface area contributed by atoms with Crippen molar-refractivity contribution >= 4 is 35.0 Å². The van der Waals surface area contributed by atoms with E-state index in [1.807, 2.05) is 17.2 Å². The van der Waals surface area contributed by atoms with E-state index in [9.17, 15) is 23.9 Å². The maximum Gasteiger partial charge on any atom is 0.338 e. The van der Waals surface area contributed by atoms with Crippen molar-refractivity contribution in [2.75, 3.05) is 32.8 Å². The number of carboxylic acid groups (broad SMARTS) is 1. The zero-order chi connectivity index (χ0) is 33.5. The first-order chi connectivity index (χ1) is 22.5. The number of benzene rings is 2. The van der Waals surface area contributed by atoms with E-state index in [1.54, 1.807) is 44.3 Å². The number of nitrogens with one attached hydrogen (secondary N) is 1. The number of hydrogen-bond donors (Lipinski definition) is 2. The topological polar surface area (TPSA) is 124 Å². The Morgan fingerprint density at radius 1 is 1.21 bits per heavy atom. The highest BCUT2D eigenvalue weighted by Gasteiger charge is 2.58. The van der Waals surface area contributed by atoms with Gasteiger partial charge in [0.2, 0.25) is 0 Å². The first kappa shape index (κ1) is 32.5. The van der Waals surface area contributed by atoms with Crippen molar-refractivity contribution in [3.63, 3.8) is 0 Å². The number of nitrogens with zero attached hydrogens (tertiary/aromatic N) is 4. The highest BCUT2D eigenvalue weighted by Crippen LogP contribution is 2.43. The van der Waals surface area contributed by atoms with Crippen LogP contribution in [0, 0.1) is 18.7 Å². The molecule has 6 rings (SSSR count). The molecule has 3 aromatic rings. The molecule has 10 nitrogen and oxygen atoms in total. The summed E-state index contributed by atoms with van der Waals surface area (Å²) in [5.74, 6) is -2.83. The molecule has 2 fully saturated rings. The molecule has 47 heavy (non-hydrogen) atoms. The summed E-state index contributed by atoms with van der Waals surface area (Å²) in [6.45, 7) is 6.17. The van der Waals surface area contributed by atoms with E-state index in [2.05, 4.69) is 10.3 Å². The van der Waals surface area contributed by atoms with Crippen LogP contribution in [0.5, 0.6) is 0 Å². The van der Waals surface area contributed by atoms with Crippen LogP contribution in [0.25, 0.3) is 0 Å². The van der Waals surface area contributed by atoms with E-state index in [1.165, 1.54) is 34.4 Å². The predicted octanol–water partition coefficient (Wildman–Crippen LogP) is 4.83. The first-order valence-electron chi connectivity index (χ1n) is 15.5. The number of carboxylic acids is 1. The number of hydrogen-bond acceptors (Lipinski definition) is 9. The number of esters is 1. The Kier molecular flexibility index (Phi) is 8.95. The van der Waals surface area contributed by atoms with E-state index in [4.69, 9.17) is 9.73 Å². The smallest absolute Gasteiger partial charge is 0.338 e. The van der Waals surface area contributed by atoms with E-state index >= 15 is 4.39 Å². The zero-order valence-electron chi connectivity index (χ0n) is 26.2. The summed E-state index contributed by atoms with van der Waals surface area (Å²) in [6.07, 6.45) is 1.62. The van der Waals surface area contributed by atoms with E-state index in [-0.39, 0.29) is 50.3 Å². The molecular weight excluding hydrogens is 628 g/mol. The Bertz CT molecular complexity index is 1760. The molecule has 0 bridgehead atoms. The molecule has 4 atom stereocenters. The number of halogens is 2. The molecule has 2 aromatic carbocycles. The summed E-state index contributed by atoms with van der Waals surface area (Å²) in [7, 11) is 0. The van der Waals surface area contributed by atoms with Gasteiger partial charge in [-0.3, -0.25) is 14.7 Å². The van der Waals surface area contributed by atoms with E-state index in [0.717, 1.165) is 0 Å². The summed E-state index contributed by atoms with van der Waals surface area (Å²) < 4.78 is 36.7. The van der Waals surface area contributed by atoms with Gasteiger partial charge in [-0.15, -0.1) is 11.3 Å². The summed E-state index contributed by atoms with van der Waals surface area (Å²) in [5.41, 5.74) is 0.414. The van der Waals surface area contributed by atoms with Gasteiger partial charge in [0.1, 0.15) is 11.9 Å². The number of carbonyl (C=O) groups excluding carboxylic acids is 2. The Balaban J connectivity index is 1.29. The third kappa shape index (κ3) is 6.05. The number of piperidine rings is 1.